The van der Waals surface area contributed by atoms with E-state index in [1.807, 2.05) is 0 Å². The molecular formula is C7H7F9O2. The summed E-state index contributed by atoms with van der Waals surface area (Å²) in [4.78, 5) is 0. The average Bonchev–Trinajstić information content (AvgIpc) is 1.92. The molecule has 1 unspecified atom stereocenters. The van der Waals surface area contributed by atoms with E-state index in [4.69, 9.17) is 5.11 Å². The Kier molecular flexibility index (Phi) is 3.99. The largest absolute Gasteiger partial charge is 0.523 e. The van der Waals surface area contributed by atoms with Crippen molar-refractivity contribution in [2.75, 3.05) is 0 Å². The number of halogens is 9. The Balaban J connectivity index is 5.77. The monoisotopic (exact) mass is 294 g/mol. The third kappa shape index (κ3) is 2.99. The van der Waals surface area contributed by atoms with Gasteiger partial charge >= 0.3 is 24.3 Å². The molecule has 1 atom stereocenters. The highest BCUT2D eigenvalue weighted by molar-refractivity contribution is 5.06. The number of alkyl halides is 9. The number of hydrogen-bond donors (Lipinski definition) is 1. The van der Waals surface area contributed by atoms with Crippen LogP contribution in [0.4, 0.5) is 39.5 Å². The zero-order chi connectivity index (χ0) is 15.2. The Hall–Kier alpha value is -0.710. The fraction of sp³-hybridized carbons (Fsp3) is 1.00. The predicted octanol–water partition coefficient (Wildman–Crippen LogP) is 3.16. The van der Waals surface area contributed by atoms with Crippen LogP contribution in [0, 0.1) is 0 Å². The zero-order valence-corrected chi connectivity index (χ0v) is 8.76. The van der Waals surface area contributed by atoms with E-state index in [0.717, 1.165) is 0 Å². The molecule has 11 heteroatoms. The van der Waals surface area contributed by atoms with E-state index in [1.54, 1.807) is 0 Å². The Labute approximate surface area is 94.3 Å². The average molecular weight is 294 g/mol. The number of hydrogen-bond acceptors (Lipinski definition) is 2. The van der Waals surface area contributed by atoms with Crippen molar-refractivity contribution in [3.8, 4) is 0 Å². The second kappa shape index (κ2) is 4.15. The molecule has 2 nitrogen and oxygen atoms in total. The van der Waals surface area contributed by atoms with Crippen LogP contribution in [0.5, 0.6) is 0 Å². The molecule has 18 heavy (non-hydrogen) atoms. The van der Waals surface area contributed by atoms with E-state index >= 15 is 0 Å². The van der Waals surface area contributed by atoms with Crippen molar-refractivity contribution in [2.24, 2.45) is 0 Å². The molecule has 0 saturated carbocycles. The maximum absolute atomic E-state index is 13.4. The molecule has 1 N–H and O–H groups in total. The van der Waals surface area contributed by atoms with E-state index in [9.17, 15) is 39.5 Å². The van der Waals surface area contributed by atoms with Gasteiger partial charge in [-0.05, 0) is 13.8 Å². The molecule has 0 saturated heterocycles. The van der Waals surface area contributed by atoms with Crippen LogP contribution in [0.15, 0.2) is 0 Å². The van der Waals surface area contributed by atoms with Crippen molar-refractivity contribution in [1.82, 2.24) is 0 Å². The summed E-state index contributed by atoms with van der Waals surface area (Å²) in [6.07, 6.45) is -18.4. The van der Waals surface area contributed by atoms with Gasteiger partial charge in [0.1, 0.15) is 5.60 Å². The topological polar surface area (TPSA) is 29.5 Å². The highest BCUT2D eigenvalue weighted by Gasteiger charge is 2.79. The Morgan fingerprint density at radius 3 is 1.28 bits per heavy atom. The lowest BCUT2D eigenvalue weighted by Gasteiger charge is -2.42. The molecule has 0 aliphatic rings. The minimum absolute atomic E-state index is 0.210. The van der Waals surface area contributed by atoms with Crippen LogP contribution in [-0.4, -0.2) is 35.0 Å². The molecule has 0 aliphatic heterocycles. The van der Waals surface area contributed by atoms with Crippen LogP contribution in [0.2, 0.25) is 0 Å². The Morgan fingerprint density at radius 2 is 1.11 bits per heavy atom. The highest BCUT2D eigenvalue weighted by Crippen LogP contribution is 2.53. The Morgan fingerprint density at radius 1 is 0.778 bits per heavy atom. The maximum Gasteiger partial charge on any atom is 0.523 e. The van der Waals surface area contributed by atoms with E-state index in [0.29, 0.717) is 0 Å². The molecule has 0 rings (SSSR count). The van der Waals surface area contributed by atoms with Crippen LogP contribution in [0.3, 0.4) is 0 Å². The first-order valence-corrected chi connectivity index (χ1v) is 4.08. The molecule has 0 aromatic rings. The standard InChI is InChI=1S/C7H7F9O2/c1-3(2,18-7(14,15)16)4(8,5(9,10)11)6(12,13)17/h17H,1-2H3. The van der Waals surface area contributed by atoms with E-state index in [2.05, 4.69) is 4.74 Å². The maximum atomic E-state index is 13.4. The second-order valence-electron chi connectivity index (χ2n) is 3.76. The molecule has 110 valence electrons. The first kappa shape index (κ1) is 17.3. The fourth-order valence-electron chi connectivity index (χ4n) is 1.23. The predicted molar refractivity (Wildman–Crippen MR) is 38.3 cm³/mol. The first-order valence-electron chi connectivity index (χ1n) is 4.08. The molecule has 0 aromatic heterocycles. The Bertz CT molecular complexity index is 284. The van der Waals surface area contributed by atoms with Gasteiger partial charge in [0.15, 0.2) is 0 Å². The molecule has 0 heterocycles. The van der Waals surface area contributed by atoms with Gasteiger partial charge in [0.2, 0.25) is 0 Å². The molecule has 0 fully saturated rings. The summed E-state index contributed by atoms with van der Waals surface area (Å²) in [5.41, 5.74) is -10.1. The highest BCUT2D eigenvalue weighted by atomic mass is 19.4. The van der Waals surface area contributed by atoms with Crippen molar-refractivity contribution in [3.05, 3.63) is 0 Å². The minimum atomic E-state index is -6.50. The fourth-order valence-corrected chi connectivity index (χ4v) is 1.23. The van der Waals surface area contributed by atoms with E-state index in [-0.39, 0.29) is 13.8 Å². The summed E-state index contributed by atoms with van der Waals surface area (Å²) in [7, 11) is 0. The van der Waals surface area contributed by atoms with Gasteiger partial charge in [-0.25, -0.2) is 4.39 Å². The number of aliphatic hydroxyl groups is 1. The van der Waals surface area contributed by atoms with Gasteiger partial charge in [-0.2, -0.15) is 22.0 Å². The van der Waals surface area contributed by atoms with Gasteiger partial charge < -0.3 is 5.11 Å². The van der Waals surface area contributed by atoms with Crippen LogP contribution in [-0.2, 0) is 4.74 Å². The molecule has 0 aromatic carbocycles. The summed E-state index contributed by atoms with van der Waals surface area (Å²) >= 11 is 0. The smallest absolute Gasteiger partial charge is 0.333 e. The van der Waals surface area contributed by atoms with Crippen molar-refractivity contribution in [1.29, 1.82) is 0 Å². The van der Waals surface area contributed by atoms with Gasteiger partial charge in [0.05, 0.1) is 0 Å². The van der Waals surface area contributed by atoms with Crippen LogP contribution >= 0.6 is 0 Å². The number of ether oxygens (including phenoxy) is 1. The van der Waals surface area contributed by atoms with Crippen LogP contribution in [0.25, 0.3) is 0 Å². The lowest BCUT2D eigenvalue weighted by atomic mass is 9.85. The summed E-state index contributed by atoms with van der Waals surface area (Å²) in [5, 5.41) is 7.93. The molecule has 0 aliphatic carbocycles. The van der Waals surface area contributed by atoms with Gasteiger partial charge in [-0.3, -0.25) is 4.74 Å². The van der Waals surface area contributed by atoms with E-state index < -0.39 is 29.9 Å². The van der Waals surface area contributed by atoms with E-state index in [1.165, 1.54) is 0 Å². The summed E-state index contributed by atoms with van der Waals surface area (Å²) in [6.45, 7) is -0.420. The van der Waals surface area contributed by atoms with Crippen molar-refractivity contribution in [3.63, 3.8) is 0 Å². The summed E-state index contributed by atoms with van der Waals surface area (Å²) in [5.74, 6) is 0. The number of rotatable bonds is 3. The molecule has 0 radical (unpaired) electrons. The molecule has 0 spiro atoms. The molecular weight excluding hydrogens is 287 g/mol. The second-order valence-corrected chi connectivity index (χ2v) is 3.76. The third-order valence-electron chi connectivity index (χ3n) is 2.01. The first-order chi connectivity index (χ1) is 7.46. The van der Waals surface area contributed by atoms with Gasteiger partial charge in [-0.15, -0.1) is 13.2 Å². The van der Waals surface area contributed by atoms with Crippen molar-refractivity contribution in [2.45, 2.75) is 43.8 Å². The quantitative estimate of drug-likeness (QED) is 0.810. The van der Waals surface area contributed by atoms with Gasteiger partial charge in [0, 0.05) is 0 Å². The normalized spacial score (nSPS) is 18.7. The minimum Gasteiger partial charge on any atom is -0.333 e. The van der Waals surface area contributed by atoms with Crippen LogP contribution < -0.4 is 0 Å². The van der Waals surface area contributed by atoms with Crippen molar-refractivity contribution < 1.29 is 49.4 Å². The summed E-state index contributed by atoms with van der Waals surface area (Å²) < 4.78 is 113. The lowest BCUT2D eigenvalue weighted by Crippen LogP contribution is -2.68. The van der Waals surface area contributed by atoms with Gasteiger partial charge in [-0.1, -0.05) is 0 Å². The van der Waals surface area contributed by atoms with Crippen molar-refractivity contribution >= 4 is 0 Å². The van der Waals surface area contributed by atoms with Gasteiger partial charge in [0.25, 0.3) is 0 Å². The summed E-state index contributed by atoms with van der Waals surface area (Å²) in [6, 6.07) is 0. The zero-order valence-electron chi connectivity index (χ0n) is 8.76. The van der Waals surface area contributed by atoms with Crippen LogP contribution in [0.1, 0.15) is 13.8 Å². The molecule has 0 bridgehead atoms. The third-order valence-corrected chi connectivity index (χ3v) is 2.01. The molecule has 0 amide bonds. The SMILES string of the molecule is CC(C)(OC(F)(F)F)C(F)(C(O)(F)F)C(F)(F)F. The lowest BCUT2D eigenvalue weighted by molar-refractivity contribution is -0.450.